The smallest absolute Gasteiger partial charge is 0.0756 e. The third-order valence-electron chi connectivity index (χ3n) is 2.25. The van der Waals surface area contributed by atoms with Gasteiger partial charge in [-0.1, -0.05) is 6.42 Å². The van der Waals surface area contributed by atoms with E-state index >= 15 is 0 Å². The second-order valence-corrected chi connectivity index (χ2v) is 3.13. The van der Waals surface area contributed by atoms with Gasteiger partial charge in [-0.05, 0) is 19.4 Å². The molecular weight excluding hydrogens is 150 g/mol. The van der Waals surface area contributed by atoms with E-state index in [1.807, 2.05) is 6.20 Å². The molecule has 0 aromatic carbocycles. The molecule has 0 aliphatic carbocycles. The van der Waals surface area contributed by atoms with Crippen LogP contribution in [-0.2, 0) is 0 Å². The van der Waals surface area contributed by atoms with Crippen molar-refractivity contribution >= 4 is 0 Å². The Morgan fingerprint density at radius 1 is 1.33 bits per heavy atom. The van der Waals surface area contributed by atoms with Crippen molar-refractivity contribution in [3.05, 3.63) is 24.3 Å². The summed E-state index contributed by atoms with van der Waals surface area (Å²) in [7, 11) is 0. The van der Waals surface area contributed by atoms with E-state index in [9.17, 15) is 0 Å². The van der Waals surface area contributed by atoms with Crippen LogP contribution in [0.5, 0.6) is 0 Å². The Morgan fingerprint density at radius 2 is 2.33 bits per heavy atom. The van der Waals surface area contributed by atoms with Crippen LogP contribution in [0.25, 0.3) is 0 Å². The van der Waals surface area contributed by atoms with Crippen LogP contribution >= 0.6 is 0 Å². The van der Waals surface area contributed by atoms with Crippen LogP contribution in [0.4, 0.5) is 0 Å². The predicted molar refractivity (Wildman–Crippen MR) is 46.6 cm³/mol. The minimum absolute atomic E-state index is 0.437. The molecule has 1 unspecified atom stereocenters. The van der Waals surface area contributed by atoms with Crippen molar-refractivity contribution in [3.8, 4) is 0 Å². The summed E-state index contributed by atoms with van der Waals surface area (Å²) in [5.74, 6) is 0. The number of piperidine rings is 1. The Balaban J connectivity index is 2.08. The fourth-order valence-electron chi connectivity index (χ4n) is 1.59. The summed E-state index contributed by atoms with van der Waals surface area (Å²) in [5.41, 5.74) is 1.08. The highest BCUT2D eigenvalue weighted by Crippen LogP contribution is 2.19. The Morgan fingerprint density at radius 3 is 3.00 bits per heavy atom. The number of nitrogens with one attached hydrogen (secondary N) is 1. The van der Waals surface area contributed by atoms with Crippen LogP contribution in [0.3, 0.4) is 0 Å². The van der Waals surface area contributed by atoms with Gasteiger partial charge in [0.1, 0.15) is 0 Å². The Kier molecular flexibility index (Phi) is 2.32. The maximum absolute atomic E-state index is 4.28. The summed E-state index contributed by atoms with van der Waals surface area (Å²) >= 11 is 0. The van der Waals surface area contributed by atoms with E-state index < -0.39 is 0 Å². The third-order valence-corrected chi connectivity index (χ3v) is 2.25. The summed E-state index contributed by atoms with van der Waals surface area (Å²) in [6, 6.07) is 0.437. The Bertz CT molecular complexity index is 229. The highest BCUT2D eigenvalue weighted by Gasteiger charge is 2.14. The molecule has 0 amide bonds. The van der Waals surface area contributed by atoms with Crippen LogP contribution in [0.2, 0.25) is 0 Å². The van der Waals surface area contributed by atoms with Gasteiger partial charge in [0.15, 0.2) is 0 Å². The van der Waals surface area contributed by atoms with Crippen LogP contribution in [0.1, 0.15) is 31.0 Å². The van der Waals surface area contributed by atoms with Crippen molar-refractivity contribution in [3.63, 3.8) is 0 Å². The van der Waals surface area contributed by atoms with E-state index in [1.165, 1.54) is 19.3 Å². The van der Waals surface area contributed by atoms with Gasteiger partial charge in [0.2, 0.25) is 0 Å². The molecule has 0 spiro atoms. The monoisotopic (exact) mass is 163 g/mol. The van der Waals surface area contributed by atoms with Crippen LogP contribution < -0.4 is 5.32 Å². The molecule has 1 atom stereocenters. The fraction of sp³-hybridized carbons (Fsp3) is 0.556. The molecule has 3 nitrogen and oxygen atoms in total. The second-order valence-electron chi connectivity index (χ2n) is 3.13. The zero-order valence-corrected chi connectivity index (χ0v) is 7.03. The molecule has 1 aliphatic heterocycles. The van der Waals surface area contributed by atoms with Crippen molar-refractivity contribution in [2.24, 2.45) is 0 Å². The van der Waals surface area contributed by atoms with Crippen molar-refractivity contribution in [1.82, 2.24) is 15.3 Å². The molecule has 1 saturated heterocycles. The van der Waals surface area contributed by atoms with E-state index in [2.05, 4.69) is 15.3 Å². The van der Waals surface area contributed by atoms with Gasteiger partial charge in [0, 0.05) is 18.6 Å². The molecule has 1 aromatic heterocycles. The quantitative estimate of drug-likeness (QED) is 0.678. The van der Waals surface area contributed by atoms with Gasteiger partial charge in [-0.15, -0.1) is 0 Å². The highest BCUT2D eigenvalue weighted by molar-refractivity contribution is 5.02. The van der Waals surface area contributed by atoms with E-state index in [0.717, 1.165) is 12.2 Å². The molecule has 1 N–H and O–H groups in total. The molecule has 2 heterocycles. The van der Waals surface area contributed by atoms with Gasteiger partial charge in [0.25, 0.3) is 0 Å². The van der Waals surface area contributed by atoms with E-state index in [0.29, 0.717) is 6.04 Å². The van der Waals surface area contributed by atoms with Crippen molar-refractivity contribution in [2.45, 2.75) is 25.3 Å². The lowest BCUT2D eigenvalue weighted by molar-refractivity contribution is 0.404. The van der Waals surface area contributed by atoms with Crippen molar-refractivity contribution < 1.29 is 0 Å². The molecular formula is C9H13N3. The standard InChI is InChI=1S/C9H13N3/c1-2-4-11-8(3-1)9-7-10-5-6-12-9/h5-8,11H,1-4H2. The molecule has 1 aromatic rings. The average molecular weight is 163 g/mol. The molecule has 0 bridgehead atoms. The zero-order valence-electron chi connectivity index (χ0n) is 7.03. The summed E-state index contributed by atoms with van der Waals surface area (Å²) in [4.78, 5) is 8.33. The van der Waals surface area contributed by atoms with Gasteiger partial charge in [0.05, 0.1) is 11.7 Å². The number of hydrogen-bond acceptors (Lipinski definition) is 3. The van der Waals surface area contributed by atoms with E-state index in [-0.39, 0.29) is 0 Å². The number of hydrogen-bond donors (Lipinski definition) is 1. The predicted octanol–water partition coefficient (Wildman–Crippen LogP) is 1.29. The largest absolute Gasteiger partial charge is 0.309 e. The first kappa shape index (κ1) is 7.68. The Hall–Kier alpha value is -0.960. The second kappa shape index (κ2) is 3.63. The molecule has 1 aliphatic rings. The molecule has 1 fully saturated rings. The number of nitrogens with zero attached hydrogens (tertiary/aromatic N) is 2. The maximum Gasteiger partial charge on any atom is 0.0756 e. The minimum atomic E-state index is 0.437. The SMILES string of the molecule is c1cnc(C2CCCCN2)cn1. The van der Waals surface area contributed by atoms with Gasteiger partial charge in [-0.25, -0.2) is 0 Å². The lowest BCUT2D eigenvalue weighted by Gasteiger charge is -2.22. The highest BCUT2D eigenvalue weighted by atomic mass is 15.0. The lowest BCUT2D eigenvalue weighted by Crippen LogP contribution is -2.27. The fourth-order valence-corrected chi connectivity index (χ4v) is 1.59. The zero-order chi connectivity index (χ0) is 8.23. The van der Waals surface area contributed by atoms with Crippen LogP contribution in [-0.4, -0.2) is 16.5 Å². The van der Waals surface area contributed by atoms with Crippen molar-refractivity contribution in [2.75, 3.05) is 6.54 Å². The molecule has 0 saturated carbocycles. The van der Waals surface area contributed by atoms with Crippen LogP contribution in [0, 0.1) is 0 Å². The first-order chi connectivity index (χ1) is 5.97. The summed E-state index contributed by atoms with van der Waals surface area (Å²) < 4.78 is 0. The van der Waals surface area contributed by atoms with Gasteiger partial charge >= 0.3 is 0 Å². The molecule has 3 heteroatoms. The lowest BCUT2D eigenvalue weighted by atomic mass is 10.0. The number of rotatable bonds is 1. The first-order valence-electron chi connectivity index (χ1n) is 4.46. The maximum atomic E-state index is 4.28. The van der Waals surface area contributed by atoms with Gasteiger partial charge in [-0.2, -0.15) is 0 Å². The minimum Gasteiger partial charge on any atom is -0.309 e. The van der Waals surface area contributed by atoms with Gasteiger partial charge < -0.3 is 5.32 Å². The molecule has 2 rings (SSSR count). The van der Waals surface area contributed by atoms with Gasteiger partial charge in [-0.3, -0.25) is 9.97 Å². The summed E-state index contributed by atoms with van der Waals surface area (Å²) in [6.45, 7) is 1.11. The molecule has 64 valence electrons. The third kappa shape index (κ3) is 1.61. The normalized spacial score (nSPS) is 23.8. The average Bonchev–Trinajstić information content (AvgIpc) is 2.21. The van der Waals surface area contributed by atoms with E-state index in [1.54, 1.807) is 12.4 Å². The van der Waals surface area contributed by atoms with E-state index in [4.69, 9.17) is 0 Å². The summed E-state index contributed by atoms with van der Waals surface area (Å²) in [6.07, 6.45) is 9.10. The molecule has 12 heavy (non-hydrogen) atoms. The topological polar surface area (TPSA) is 37.8 Å². The molecule has 0 radical (unpaired) electrons. The summed E-state index contributed by atoms with van der Waals surface area (Å²) in [5, 5.41) is 3.43. The van der Waals surface area contributed by atoms with Crippen molar-refractivity contribution in [1.29, 1.82) is 0 Å². The van der Waals surface area contributed by atoms with Crippen LogP contribution in [0.15, 0.2) is 18.6 Å². The Labute approximate surface area is 72.2 Å². The number of aromatic nitrogens is 2. The first-order valence-corrected chi connectivity index (χ1v) is 4.46.